The average Bonchev–Trinajstić information content (AvgIpc) is 0.752. The average molecular weight is 1550 g/mol. The fourth-order valence-corrected chi connectivity index (χ4v) is 15.4. The monoisotopic (exact) mass is 1540 g/mol. The molecule has 0 bridgehead atoms. The van der Waals surface area contributed by atoms with E-state index in [1.165, 1.54) is 0 Å². The first-order valence-corrected chi connectivity index (χ1v) is 38.8. The third kappa shape index (κ3) is 24.9. The summed E-state index contributed by atoms with van der Waals surface area (Å²) < 4.78 is 48.7. The fraction of sp³-hybridized carbons (Fsp3) is 0.359. The Morgan fingerprint density at radius 2 is 0.942 bits per heavy atom. The zero-order valence-corrected chi connectivity index (χ0v) is 66.7. The number of aliphatic imine (C=N–C) groups is 1. The van der Waals surface area contributed by atoms with Crippen LogP contribution in [0.15, 0.2) is 135 Å². The molecule has 0 saturated heterocycles. The molecule has 0 fully saturated rings. The second-order valence-electron chi connectivity index (χ2n) is 22.0. The van der Waals surface area contributed by atoms with Crippen molar-refractivity contribution in [2.45, 2.75) is 94.2 Å². The highest BCUT2D eigenvalue weighted by Gasteiger charge is 2.46. The summed E-state index contributed by atoms with van der Waals surface area (Å²) in [4.78, 5) is 32.0. The first-order valence-electron chi connectivity index (χ1n) is 34.1. The van der Waals surface area contributed by atoms with Gasteiger partial charge in [0, 0.05) is 152 Å². The lowest BCUT2D eigenvalue weighted by Gasteiger charge is -2.23. The molecule has 4 aromatic carbocycles. The third-order valence-corrected chi connectivity index (χ3v) is 21.9. The number of anilines is 2. The Morgan fingerprint density at radius 3 is 1.25 bits per heavy atom. The molecule has 104 heavy (non-hydrogen) atoms. The van der Waals surface area contributed by atoms with Gasteiger partial charge in [-0.15, -0.1) is 0 Å². The molecule has 0 unspecified atom stereocenters. The van der Waals surface area contributed by atoms with E-state index in [-0.39, 0.29) is 47.4 Å². The van der Waals surface area contributed by atoms with E-state index in [0.29, 0.717) is 61.1 Å². The van der Waals surface area contributed by atoms with Gasteiger partial charge >= 0.3 is 29.5 Å². The molecule has 2 aliphatic heterocycles. The van der Waals surface area contributed by atoms with E-state index in [9.17, 15) is 19.8 Å². The summed E-state index contributed by atoms with van der Waals surface area (Å²) in [6.07, 6.45) is 30.1. The van der Waals surface area contributed by atoms with E-state index in [0.717, 1.165) is 137 Å². The molecule has 8 rings (SSSR count). The van der Waals surface area contributed by atoms with Gasteiger partial charge in [-0.3, -0.25) is 0 Å². The van der Waals surface area contributed by atoms with Crippen molar-refractivity contribution >= 4 is 97.6 Å². The molecular weight excluding hydrogens is 1430 g/mol. The molecule has 20 nitrogen and oxygen atoms in total. The SMILES string of the molecule is C#CO[Si](CCCN)(OC#C)OCC.C#CO[Si](CCCNC(=S)NC)(OC#C)OCC.CCN(CC)c1ccc2c(-c3ccccc3C(=O)O)c3ccc(=[N+](CC)CC)cc-3oc2c1.CCN(CC)c1ccc2c(-c3ccccc3C(=O)O)c3ccc(=[N+](CC)CC)cc-3oc2c1.CN=C=S.[Cl-].[Cl-].[HH].[HH].[HH].[HH].[HH].[HH].[HH].[HH]. The van der Waals surface area contributed by atoms with Gasteiger partial charge < -0.3 is 96.6 Å². The lowest BCUT2D eigenvalue weighted by molar-refractivity contribution is -0.00100. The number of hydrogen-bond donors (Lipinski definition) is 5. The van der Waals surface area contributed by atoms with Crippen molar-refractivity contribution in [2.75, 3.05) is 103 Å². The van der Waals surface area contributed by atoms with Crippen LogP contribution < -0.4 is 70.8 Å². The van der Waals surface area contributed by atoms with Gasteiger partial charge in [-0.05, 0) is 173 Å². The number of carboxylic acids is 2. The highest BCUT2D eigenvalue weighted by atomic mass is 35.5. The summed E-state index contributed by atoms with van der Waals surface area (Å²) in [6.45, 7) is 30.0. The van der Waals surface area contributed by atoms with Crippen molar-refractivity contribution < 1.29 is 91.4 Å². The minimum absolute atomic E-state index is 0. The van der Waals surface area contributed by atoms with Crippen molar-refractivity contribution in [3.8, 4) is 95.0 Å². The van der Waals surface area contributed by atoms with Crippen molar-refractivity contribution in [1.82, 2.24) is 19.8 Å². The molecule has 0 saturated carbocycles. The van der Waals surface area contributed by atoms with Crippen LogP contribution in [0.3, 0.4) is 0 Å². The lowest BCUT2D eigenvalue weighted by atomic mass is 9.90. The van der Waals surface area contributed by atoms with Gasteiger partial charge in [-0.25, -0.2) is 23.7 Å². The Hall–Kier alpha value is -9.38. The topological polar surface area (TPSA) is 231 Å². The van der Waals surface area contributed by atoms with Crippen molar-refractivity contribution in [3.05, 3.63) is 143 Å². The molecule has 0 aromatic heterocycles. The van der Waals surface area contributed by atoms with Gasteiger partial charge in [0.2, 0.25) is 10.7 Å². The standard InChI is InChI=1S/2C28H30N2O3.C11H18N2O3SSi.C9H15NO3Si.C2H3NS.2ClH.8H2/c2*1-5-29(6-2)19-13-15-23-25(17-19)33-26-18-20(30(7-3)8-4)14-16-24(26)27(23)21-11-9-10-12-22(21)28(31)32;1-5-14-18(15-6-2,16-7-3)10-8-9-13-11(17)12-4;1-4-11-14(12-5-2,13-6-3)9-7-8-10;1-3-2-4;;;;;;;;;;/h2*9-18H,5-8H2,1-4H3;1-2H,7-10H2,3-4H3,(H2,12,13,17);1-2H,6-10H2,3H3;1H3;10*1H. The number of aromatic carboxylic acids is 2. The van der Waals surface area contributed by atoms with Gasteiger partial charge in [-0.1, -0.05) is 62.1 Å². The fourth-order valence-electron chi connectivity index (χ4n) is 11.5. The number of isothiocyanates is 1. The van der Waals surface area contributed by atoms with Gasteiger partial charge in [0.05, 0.1) is 52.8 Å². The number of rotatable bonds is 29. The second kappa shape index (κ2) is 47.8. The van der Waals surface area contributed by atoms with E-state index in [4.69, 9.17) is 79.0 Å². The Labute approximate surface area is 650 Å². The van der Waals surface area contributed by atoms with Crippen LogP contribution in [0.1, 0.15) is 114 Å². The smallest absolute Gasteiger partial charge is 0.649 e. The number of thiocarbonyl (C=S) groups is 2. The van der Waals surface area contributed by atoms with Crippen LogP contribution in [0.4, 0.5) is 11.4 Å². The normalized spacial score (nSPS) is 10.3. The summed E-state index contributed by atoms with van der Waals surface area (Å²) >= 11 is 9.08. The van der Waals surface area contributed by atoms with E-state index in [2.05, 4.69) is 205 Å². The maximum atomic E-state index is 12.1. The van der Waals surface area contributed by atoms with E-state index < -0.39 is 29.5 Å². The highest BCUT2D eigenvalue weighted by molar-refractivity contribution is 7.80. The van der Waals surface area contributed by atoms with Gasteiger partial charge in [0.15, 0.2) is 5.11 Å². The molecule has 2 heterocycles. The summed E-state index contributed by atoms with van der Waals surface area (Å²) in [5.41, 5.74) is 14.6. The molecule has 572 valence electrons. The van der Waals surface area contributed by atoms with Crippen LogP contribution in [0.5, 0.6) is 0 Å². The van der Waals surface area contributed by atoms with Crippen LogP contribution >= 0.6 is 24.4 Å². The molecule has 2 aliphatic carbocycles. The minimum atomic E-state index is -2.95. The molecule has 0 atom stereocenters. The van der Waals surface area contributed by atoms with Gasteiger partial charge in [0.1, 0.15) is 48.9 Å². The van der Waals surface area contributed by atoms with Crippen LogP contribution in [0, 0.1) is 50.1 Å². The first kappa shape index (κ1) is 90.7. The van der Waals surface area contributed by atoms with Crippen molar-refractivity contribution in [3.63, 3.8) is 0 Å². The number of terminal acetylenes is 4. The number of nitrogens with one attached hydrogen (secondary N) is 2. The number of carbonyl (C=O) groups is 2. The minimum Gasteiger partial charge on any atom is -1.00 e. The summed E-state index contributed by atoms with van der Waals surface area (Å²) in [7, 11) is -2.48. The molecule has 0 amide bonds. The van der Waals surface area contributed by atoms with E-state index in [1.807, 2.05) is 38.1 Å². The van der Waals surface area contributed by atoms with Crippen LogP contribution in [-0.4, -0.2) is 143 Å². The Morgan fingerprint density at radius 1 is 0.577 bits per heavy atom. The maximum Gasteiger partial charge on any atom is 0.649 e. The van der Waals surface area contributed by atoms with Gasteiger partial charge in [-0.2, -0.15) is 0 Å². The number of carboxylic acid groups (broad SMARTS) is 2. The maximum absolute atomic E-state index is 12.1. The summed E-state index contributed by atoms with van der Waals surface area (Å²) in [5, 5.41) is 32.3. The number of hydrogen-bond acceptors (Lipinski definition) is 16. The molecule has 4 aliphatic rings. The van der Waals surface area contributed by atoms with E-state index in [1.54, 1.807) is 38.4 Å². The summed E-state index contributed by atoms with van der Waals surface area (Å²) in [6, 6.07) is 40.3. The molecular formula is C78H114Cl2N8O12S2Si2. The number of benzene rings is 6. The highest BCUT2D eigenvalue weighted by Crippen LogP contribution is 2.44. The van der Waals surface area contributed by atoms with Crippen LogP contribution in [-0.2, 0) is 26.6 Å². The zero-order chi connectivity index (χ0) is 75.2. The Bertz CT molecular complexity index is 4170. The molecule has 0 radical (unpaired) electrons. The Kier molecular flexibility index (Phi) is 41.7. The zero-order valence-electron chi connectivity index (χ0n) is 61.5. The van der Waals surface area contributed by atoms with Crippen LogP contribution in [0.2, 0.25) is 12.1 Å². The van der Waals surface area contributed by atoms with Crippen molar-refractivity contribution in [2.24, 2.45) is 10.7 Å². The predicted molar refractivity (Wildman–Crippen MR) is 440 cm³/mol. The summed E-state index contributed by atoms with van der Waals surface area (Å²) in [5.74, 6) is -0.378. The number of nitrogens with zero attached hydrogens (tertiary/aromatic N) is 5. The quantitative estimate of drug-likeness (QED) is 0.00560. The van der Waals surface area contributed by atoms with Gasteiger partial charge in [0.25, 0.3) is 0 Å². The van der Waals surface area contributed by atoms with Crippen LogP contribution in [0.25, 0.3) is 66.8 Å². The Balaban J connectivity index is -0.000000263. The predicted octanol–water partition coefficient (Wildman–Crippen LogP) is 9.00. The number of halogens is 2. The third-order valence-electron chi connectivity index (χ3n) is 16.3. The second-order valence-corrected chi connectivity index (χ2v) is 27.7. The molecule has 4 aromatic rings. The van der Waals surface area contributed by atoms with E-state index >= 15 is 0 Å². The van der Waals surface area contributed by atoms with Crippen molar-refractivity contribution in [1.29, 1.82) is 0 Å². The largest absolute Gasteiger partial charge is 1.00 e. The molecule has 26 heteroatoms. The molecule has 0 spiro atoms. The first-order chi connectivity index (χ1) is 49.3. The number of nitrogens with two attached hydrogens (primary N) is 1. The number of fused-ring (bicyclic) bond motifs is 4. The lowest BCUT2D eigenvalue weighted by Crippen LogP contribution is -3.00. The molecule has 6 N–H and O–H groups in total.